The molecule has 0 aliphatic rings. The first-order chi connectivity index (χ1) is 8.66. The standard InChI is InChI=1S/C14H16N2OS/c1-10(12-6-2-3-7-13(12)15)16-14(17)9-11-5-4-8-18-11/h2-8,10H,9,15H2,1H3,(H,16,17). The Hall–Kier alpha value is -1.81. The van der Waals surface area contributed by atoms with Gasteiger partial charge in [0, 0.05) is 10.6 Å². The number of thiophene rings is 1. The number of carbonyl (C=O) groups excluding carboxylic acids is 1. The Morgan fingerprint density at radius 1 is 1.33 bits per heavy atom. The smallest absolute Gasteiger partial charge is 0.225 e. The van der Waals surface area contributed by atoms with Gasteiger partial charge in [-0.15, -0.1) is 11.3 Å². The van der Waals surface area contributed by atoms with E-state index in [4.69, 9.17) is 5.73 Å². The van der Waals surface area contributed by atoms with Crippen LogP contribution in [-0.4, -0.2) is 5.91 Å². The van der Waals surface area contributed by atoms with Gasteiger partial charge in [-0.05, 0) is 30.0 Å². The molecule has 0 radical (unpaired) electrons. The minimum absolute atomic E-state index is 0.0215. The first-order valence-electron chi connectivity index (χ1n) is 5.83. The highest BCUT2D eigenvalue weighted by atomic mass is 32.1. The summed E-state index contributed by atoms with van der Waals surface area (Å²) in [6, 6.07) is 11.4. The van der Waals surface area contributed by atoms with Crippen molar-refractivity contribution in [3.63, 3.8) is 0 Å². The van der Waals surface area contributed by atoms with Crippen LogP contribution in [0.25, 0.3) is 0 Å². The molecule has 1 unspecified atom stereocenters. The lowest BCUT2D eigenvalue weighted by Gasteiger charge is -2.15. The van der Waals surface area contributed by atoms with E-state index in [9.17, 15) is 4.79 Å². The fourth-order valence-corrected chi connectivity index (χ4v) is 2.55. The second kappa shape index (κ2) is 5.69. The van der Waals surface area contributed by atoms with Crippen LogP contribution in [0.1, 0.15) is 23.4 Å². The molecule has 18 heavy (non-hydrogen) atoms. The zero-order chi connectivity index (χ0) is 13.0. The Labute approximate surface area is 111 Å². The maximum absolute atomic E-state index is 11.9. The van der Waals surface area contributed by atoms with Gasteiger partial charge in [-0.1, -0.05) is 24.3 Å². The minimum atomic E-state index is -0.0707. The Morgan fingerprint density at radius 3 is 2.78 bits per heavy atom. The number of nitrogens with two attached hydrogens (primary N) is 1. The van der Waals surface area contributed by atoms with Crippen molar-refractivity contribution in [3.05, 3.63) is 52.2 Å². The molecule has 2 aromatic rings. The molecule has 0 spiro atoms. The van der Waals surface area contributed by atoms with Gasteiger partial charge in [-0.25, -0.2) is 0 Å². The Bertz CT molecular complexity index is 522. The van der Waals surface area contributed by atoms with Gasteiger partial charge in [0.05, 0.1) is 12.5 Å². The summed E-state index contributed by atoms with van der Waals surface area (Å²) in [6.45, 7) is 1.94. The van der Waals surface area contributed by atoms with Crippen molar-refractivity contribution in [2.75, 3.05) is 5.73 Å². The fraction of sp³-hybridized carbons (Fsp3) is 0.214. The molecule has 3 nitrogen and oxygen atoms in total. The monoisotopic (exact) mass is 260 g/mol. The molecule has 2 rings (SSSR count). The molecule has 1 amide bonds. The van der Waals surface area contributed by atoms with Crippen LogP contribution in [0.4, 0.5) is 5.69 Å². The van der Waals surface area contributed by atoms with Crippen LogP contribution in [0.2, 0.25) is 0 Å². The van der Waals surface area contributed by atoms with Crippen molar-refractivity contribution in [1.82, 2.24) is 5.32 Å². The molecule has 1 atom stereocenters. The lowest BCUT2D eigenvalue weighted by Crippen LogP contribution is -2.28. The Balaban J connectivity index is 1.97. The SMILES string of the molecule is CC(NC(=O)Cc1cccs1)c1ccccc1N. The average molecular weight is 260 g/mol. The van der Waals surface area contributed by atoms with Gasteiger partial charge in [-0.2, -0.15) is 0 Å². The van der Waals surface area contributed by atoms with Gasteiger partial charge >= 0.3 is 0 Å². The predicted molar refractivity (Wildman–Crippen MR) is 75.4 cm³/mol. The molecule has 4 heteroatoms. The number of amides is 1. The van der Waals surface area contributed by atoms with E-state index in [0.29, 0.717) is 12.1 Å². The van der Waals surface area contributed by atoms with Gasteiger partial charge in [-0.3, -0.25) is 4.79 Å². The first-order valence-corrected chi connectivity index (χ1v) is 6.71. The summed E-state index contributed by atoms with van der Waals surface area (Å²) in [7, 11) is 0. The van der Waals surface area contributed by atoms with Gasteiger partial charge in [0.2, 0.25) is 5.91 Å². The normalized spacial score (nSPS) is 12.1. The zero-order valence-corrected chi connectivity index (χ0v) is 11.0. The van der Waals surface area contributed by atoms with Crippen molar-refractivity contribution in [1.29, 1.82) is 0 Å². The maximum atomic E-state index is 11.9. The number of hydrogen-bond acceptors (Lipinski definition) is 3. The van der Waals surface area contributed by atoms with E-state index in [0.717, 1.165) is 10.4 Å². The summed E-state index contributed by atoms with van der Waals surface area (Å²) in [6.07, 6.45) is 0.425. The second-order valence-corrected chi connectivity index (χ2v) is 5.21. The summed E-state index contributed by atoms with van der Waals surface area (Å²) in [5.74, 6) is 0.0215. The van der Waals surface area contributed by atoms with Crippen LogP contribution >= 0.6 is 11.3 Å². The molecule has 3 N–H and O–H groups in total. The second-order valence-electron chi connectivity index (χ2n) is 4.17. The third kappa shape index (κ3) is 3.11. The highest BCUT2D eigenvalue weighted by Gasteiger charge is 2.12. The molecular weight excluding hydrogens is 244 g/mol. The summed E-state index contributed by atoms with van der Waals surface area (Å²) < 4.78 is 0. The van der Waals surface area contributed by atoms with Crippen LogP contribution in [0.15, 0.2) is 41.8 Å². The number of nitrogen functional groups attached to an aromatic ring is 1. The highest BCUT2D eigenvalue weighted by molar-refractivity contribution is 7.10. The van der Waals surface area contributed by atoms with E-state index in [1.807, 2.05) is 48.7 Å². The number of hydrogen-bond donors (Lipinski definition) is 2. The highest BCUT2D eigenvalue weighted by Crippen LogP contribution is 2.19. The van der Waals surface area contributed by atoms with E-state index in [2.05, 4.69) is 5.32 Å². The molecule has 0 aliphatic carbocycles. The van der Waals surface area contributed by atoms with Crippen molar-refractivity contribution in [3.8, 4) is 0 Å². The summed E-state index contributed by atoms with van der Waals surface area (Å²) in [5, 5.41) is 4.94. The first kappa shape index (κ1) is 12.6. The summed E-state index contributed by atoms with van der Waals surface area (Å²) in [4.78, 5) is 12.9. The van der Waals surface area contributed by atoms with Gasteiger partial charge < -0.3 is 11.1 Å². The fourth-order valence-electron chi connectivity index (χ4n) is 1.85. The largest absolute Gasteiger partial charge is 0.398 e. The third-order valence-electron chi connectivity index (χ3n) is 2.75. The van der Waals surface area contributed by atoms with Crippen LogP contribution in [0, 0.1) is 0 Å². The van der Waals surface area contributed by atoms with Crippen LogP contribution in [0.5, 0.6) is 0 Å². The van der Waals surface area contributed by atoms with E-state index < -0.39 is 0 Å². The number of carbonyl (C=O) groups is 1. The molecule has 1 aromatic heterocycles. The molecule has 0 saturated heterocycles. The molecule has 0 fully saturated rings. The number of para-hydroxylation sites is 1. The zero-order valence-electron chi connectivity index (χ0n) is 10.2. The lowest BCUT2D eigenvalue weighted by atomic mass is 10.1. The third-order valence-corrected chi connectivity index (χ3v) is 3.63. The van der Waals surface area contributed by atoms with Gasteiger partial charge in [0.1, 0.15) is 0 Å². The molecule has 1 aromatic carbocycles. The molecule has 0 saturated carbocycles. The van der Waals surface area contributed by atoms with E-state index >= 15 is 0 Å². The van der Waals surface area contributed by atoms with Crippen molar-refractivity contribution in [2.45, 2.75) is 19.4 Å². The van der Waals surface area contributed by atoms with Crippen molar-refractivity contribution >= 4 is 22.9 Å². The minimum Gasteiger partial charge on any atom is -0.398 e. The van der Waals surface area contributed by atoms with Gasteiger partial charge in [0.25, 0.3) is 0 Å². The summed E-state index contributed by atoms with van der Waals surface area (Å²) in [5.41, 5.74) is 7.55. The quantitative estimate of drug-likeness (QED) is 0.830. The van der Waals surface area contributed by atoms with E-state index in [1.165, 1.54) is 0 Å². The molecular formula is C14H16N2OS. The molecule has 0 aliphatic heterocycles. The number of nitrogens with one attached hydrogen (secondary N) is 1. The average Bonchev–Trinajstić information content (AvgIpc) is 2.82. The number of rotatable bonds is 4. The molecule has 0 bridgehead atoms. The van der Waals surface area contributed by atoms with Crippen LogP contribution in [-0.2, 0) is 11.2 Å². The van der Waals surface area contributed by atoms with Crippen molar-refractivity contribution < 1.29 is 4.79 Å². The van der Waals surface area contributed by atoms with Crippen LogP contribution < -0.4 is 11.1 Å². The van der Waals surface area contributed by atoms with E-state index in [1.54, 1.807) is 11.3 Å². The van der Waals surface area contributed by atoms with E-state index in [-0.39, 0.29) is 11.9 Å². The summed E-state index contributed by atoms with van der Waals surface area (Å²) >= 11 is 1.59. The lowest BCUT2D eigenvalue weighted by molar-refractivity contribution is -0.121. The molecule has 94 valence electrons. The van der Waals surface area contributed by atoms with Crippen LogP contribution in [0.3, 0.4) is 0 Å². The van der Waals surface area contributed by atoms with Gasteiger partial charge in [0.15, 0.2) is 0 Å². The topological polar surface area (TPSA) is 55.1 Å². The van der Waals surface area contributed by atoms with Crippen molar-refractivity contribution in [2.24, 2.45) is 0 Å². The Kier molecular flexibility index (Phi) is 3.99. The maximum Gasteiger partial charge on any atom is 0.225 e. The predicted octanol–water partition coefficient (Wildman–Crippen LogP) is 2.75. The number of anilines is 1. The number of benzene rings is 1. The Morgan fingerprint density at radius 2 is 2.11 bits per heavy atom. The molecule has 1 heterocycles.